The number of nitrogens with zero attached hydrogens (tertiary/aromatic N) is 2. The summed E-state index contributed by atoms with van der Waals surface area (Å²) in [6.45, 7) is 0.641. The number of hydrogen-bond donors (Lipinski definition) is 0. The molecule has 0 spiro atoms. The summed E-state index contributed by atoms with van der Waals surface area (Å²) in [5.41, 5.74) is 0.829. The molecule has 1 aliphatic rings. The molecule has 7 heteroatoms. The summed E-state index contributed by atoms with van der Waals surface area (Å²) in [7, 11) is 1.39. The number of furan rings is 1. The Morgan fingerprint density at radius 2 is 2.30 bits per heavy atom. The van der Waals surface area contributed by atoms with Gasteiger partial charge in [0.15, 0.2) is 22.0 Å². The summed E-state index contributed by atoms with van der Waals surface area (Å²) < 4.78 is 12.1. The average molecular weight is 315 g/mol. The molecule has 0 aliphatic carbocycles. The van der Waals surface area contributed by atoms with Crippen molar-refractivity contribution in [3.05, 3.63) is 28.2 Å². The van der Waals surface area contributed by atoms with E-state index in [0.717, 1.165) is 5.69 Å². The number of rotatable bonds is 2. The Bertz CT molecular complexity index is 663. The van der Waals surface area contributed by atoms with Crippen molar-refractivity contribution < 1.29 is 13.9 Å². The second kappa shape index (κ2) is 5.14. The van der Waals surface area contributed by atoms with E-state index < -0.39 is 0 Å². The Balaban J connectivity index is 1.97. The molecule has 5 nitrogen and oxygen atoms in total. The van der Waals surface area contributed by atoms with E-state index in [2.05, 4.69) is 4.98 Å². The maximum Gasteiger partial charge on any atom is 0.309 e. The Labute approximate surface area is 125 Å². The lowest BCUT2D eigenvalue weighted by atomic mass is 9.96. The van der Waals surface area contributed by atoms with Gasteiger partial charge in [0.05, 0.1) is 18.7 Å². The molecule has 20 heavy (non-hydrogen) atoms. The molecule has 0 amide bonds. The summed E-state index contributed by atoms with van der Waals surface area (Å²) in [4.78, 5) is 16.0. The minimum absolute atomic E-state index is 0.172. The zero-order chi connectivity index (χ0) is 14.3. The number of ether oxygens (including phenoxy) is 1. The third-order valence-corrected chi connectivity index (χ3v) is 4.00. The molecule has 0 fully saturated rings. The molecule has 0 saturated carbocycles. The Morgan fingerprint density at radius 1 is 1.50 bits per heavy atom. The second-order valence-electron chi connectivity index (χ2n) is 4.64. The first-order valence-corrected chi connectivity index (χ1v) is 6.94. The highest BCUT2D eigenvalue weighted by atomic mass is 35.5. The van der Waals surface area contributed by atoms with Crippen LogP contribution in [0.15, 0.2) is 16.5 Å². The summed E-state index contributed by atoms with van der Waals surface area (Å²) in [5, 5.41) is 0.692. The monoisotopic (exact) mass is 314 g/mol. The topological polar surface area (TPSA) is 57.3 Å². The smallest absolute Gasteiger partial charge is 0.309 e. The lowest BCUT2D eigenvalue weighted by molar-refractivity contribution is -0.146. The van der Waals surface area contributed by atoms with Crippen LogP contribution in [0.2, 0.25) is 10.4 Å². The van der Waals surface area contributed by atoms with Crippen molar-refractivity contribution in [1.82, 2.24) is 9.55 Å². The predicted molar refractivity (Wildman–Crippen MR) is 73.8 cm³/mol. The van der Waals surface area contributed by atoms with Gasteiger partial charge in [-0.15, -0.1) is 0 Å². The van der Waals surface area contributed by atoms with Gasteiger partial charge in [0.2, 0.25) is 0 Å². The minimum Gasteiger partial charge on any atom is -0.469 e. The largest absolute Gasteiger partial charge is 0.469 e. The first kappa shape index (κ1) is 13.5. The lowest BCUT2D eigenvalue weighted by Crippen LogP contribution is -2.26. The van der Waals surface area contributed by atoms with Crippen LogP contribution in [0.5, 0.6) is 0 Å². The van der Waals surface area contributed by atoms with E-state index in [1.54, 1.807) is 12.1 Å². The van der Waals surface area contributed by atoms with E-state index in [-0.39, 0.29) is 11.9 Å². The zero-order valence-electron chi connectivity index (χ0n) is 10.7. The van der Waals surface area contributed by atoms with Crippen molar-refractivity contribution in [2.75, 3.05) is 7.11 Å². The van der Waals surface area contributed by atoms with Crippen molar-refractivity contribution in [1.29, 1.82) is 0 Å². The van der Waals surface area contributed by atoms with Gasteiger partial charge in [0, 0.05) is 13.0 Å². The number of hydrogen-bond acceptors (Lipinski definition) is 4. The number of methoxy groups -OCH3 is 1. The lowest BCUT2D eigenvalue weighted by Gasteiger charge is -2.22. The van der Waals surface area contributed by atoms with E-state index in [0.29, 0.717) is 41.3 Å². The third-order valence-electron chi connectivity index (χ3n) is 3.49. The molecule has 0 radical (unpaired) electrons. The van der Waals surface area contributed by atoms with Crippen LogP contribution in [-0.2, 0) is 22.5 Å². The molecule has 3 heterocycles. The van der Waals surface area contributed by atoms with Crippen LogP contribution in [0.1, 0.15) is 12.1 Å². The molecule has 1 atom stereocenters. The van der Waals surface area contributed by atoms with Crippen molar-refractivity contribution >= 4 is 29.2 Å². The molecule has 1 unspecified atom stereocenters. The van der Waals surface area contributed by atoms with Crippen molar-refractivity contribution in [3.8, 4) is 11.6 Å². The fourth-order valence-corrected chi connectivity index (χ4v) is 2.91. The quantitative estimate of drug-likeness (QED) is 0.799. The molecule has 0 saturated heterocycles. The number of carbonyl (C=O) groups excluding carboxylic acids is 1. The van der Waals surface area contributed by atoms with Crippen molar-refractivity contribution in [2.24, 2.45) is 5.92 Å². The van der Waals surface area contributed by atoms with Crippen molar-refractivity contribution in [3.63, 3.8) is 0 Å². The maximum atomic E-state index is 11.6. The highest BCUT2D eigenvalue weighted by molar-refractivity contribution is 6.30. The number of halogens is 2. The Morgan fingerprint density at radius 3 is 2.95 bits per heavy atom. The predicted octanol–water partition coefficient (Wildman–Crippen LogP) is 3.19. The standard InChI is InChI=1S/C13H12Cl2N2O3/c1-19-13(18)7-4-5-17-8(6-7)11(15)16-12(17)9-2-3-10(14)20-9/h2-3,7H,4-6H2,1H3. The van der Waals surface area contributed by atoms with Gasteiger partial charge in [0.1, 0.15) is 0 Å². The van der Waals surface area contributed by atoms with E-state index in [1.165, 1.54) is 7.11 Å². The van der Waals surface area contributed by atoms with E-state index in [9.17, 15) is 4.79 Å². The number of aromatic nitrogens is 2. The summed E-state index contributed by atoms with van der Waals surface area (Å²) in [6, 6.07) is 3.41. The van der Waals surface area contributed by atoms with Gasteiger partial charge in [0.25, 0.3) is 0 Å². The van der Waals surface area contributed by atoms with Crippen LogP contribution < -0.4 is 0 Å². The number of fused-ring (bicyclic) bond motifs is 1. The van der Waals surface area contributed by atoms with Gasteiger partial charge in [-0.2, -0.15) is 0 Å². The van der Waals surface area contributed by atoms with Crippen LogP contribution in [0, 0.1) is 5.92 Å². The zero-order valence-corrected chi connectivity index (χ0v) is 12.2. The fraction of sp³-hybridized carbons (Fsp3) is 0.385. The molecule has 2 aromatic heterocycles. The molecule has 0 aromatic carbocycles. The second-order valence-corrected chi connectivity index (χ2v) is 5.37. The summed E-state index contributed by atoms with van der Waals surface area (Å²) in [5.74, 6) is 0.825. The highest BCUT2D eigenvalue weighted by Crippen LogP contribution is 2.33. The molecule has 106 valence electrons. The molecular formula is C13H12Cl2N2O3. The molecule has 0 N–H and O–H groups in total. The maximum absolute atomic E-state index is 11.6. The molecule has 2 aromatic rings. The molecule has 1 aliphatic heterocycles. The first-order chi connectivity index (χ1) is 9.60. The number of carbonyl (C=O) groups is 1. The van der Waals surface area contributed by atoms with Gasteiger partial charge < -0.3 is 13.7 Å². The normalized spacial score (nSPS) is 17.9. The highest BCUT2D eigenvalue weighted by Gasteiger charge is 2.30. The van der Waals surface area contributed by atoms with Crippen LogP contribution in [-0.4, -0.2) is 22.6 Å². The summed E-state index contributed by atoms with van der Waals surface area (Å²) in [6.07, 6.45) is 1.21. The van der Waals surface area contributed by atoms with E-state index in [4.69, 9.17) is 32.4 Å². The SMILES string of the molecule is COC(=O)C1CCn2c(-c3ccc(Cl)o3)nc(Cl)c2C1. The molecular weight excluding hydrogens is 303 g/mol. The average Bonchev–Trinajstić information content (AvgIpc) is 3.02. The van der Waals surface area contributed by atoms with Gasteiger partial charge in [-0.05, 0) is 30.2 Å². The van der Waals surface area contributed by atoms with E-state index in [1.807, 2.05) is 4.57 Å². The van der Waals surface area contributed by atoms with Gasteiger partial charge >= 0.3 is 5.97 Å². The van der Waals surface area contributed by atoms with Crippen LogP contribution in [0.3, 0.4) is 0 Å². The summed E-state index contributed by atoms with van der Waals surface area (Å²) >= 11 is 12.0. The third kappa shape index (κ3) is 2.21. The van der Waals surface area contributed by atoms with E-state index >= 15 is 0 Å². The number of imidazole rings is 1. The Hall–Kier alpha value is -1.46. The van der Waals surface area contributed by atoms with Crippen LogP contribution in [0.4, 0.5) is 0 Å². The van der Waals surface area contributed by atoms with Gasteiger partial charge in [-0.25, -0.2) is 4.98 Å². The molecule has 0 bridgehead atoms. The minimum atomic E-state index is -0.212. The fourth-order valence-electron chi connectivity index (χ4n) is 2.50. The number of esters is 1. The van der Waals surface area contributed by atoms with Crippen LogP contribution >= 0.6 is 23.2 Å². The van der Waals surface area contributed by atoms with Gasteiger partial charge in [-0.1, -0.05) is 11.6 Å². The van der Waals surface area contributed by atoms with Crippen LogP contribution in [0.25, 0.3) is 11.6 Å². The Kier molecular flexibility index (Phi) is 3.48. The van der Waals surface area contributed by atoms with Crippen molar-refractivity contribution in [2.45, 2.75) is 19.4 Å². The van der Waals surface area contributed by atoms with Gasteiger partial charge in [-0.3, -0.25) is 4.79 Å². The first-order valence-electron chi connectivity index (χ1n) is 6.18. The molecule has 3 rings (SSSR count).